The van der Waals surface area contributed by atoms with Crippen molar-refractivity contribution in [3.05, 3.63) is 68.3 Å². The van der Waals surface area contributed by atoms with Crippen LogP contribution in [0.5, 0.6) is 0 Å². The maximum Gasteiger partial charge on any atom is 0.281 e. The Morgan fingerprint density at radius 3 is 2.77 bits per heavy atom. The molecule has 4 rings (SSSR count). The van der Waals surface area contributed by atoms with Gasteiger partial charge in [0.1, 0.15) is 5.82 Å². The van der Waals surface area contributed by atoms with Crippen molar-refractivity contribution in [3.63, 3.8) is 0 Å². The number of nitrogens with zero attached hydrogens (tertiary/aromatic N) is 3. The number of H-pyrrole nitrogens is 1. The van der Waals surface area contributed by atoms with Gasteiger partial charge >= 0.3 is 0 Å². The third-order valence-corrected chi connectivity index (χ3v) is 4.26. The van der Waals surface area contributed by atoms with Gasteiger partial charge in [-0.05, 0) is 36.4 Å². The molecule has 0 atom stereocenters. The summed E-state index contributed by atoms with van der Waals surface area (Å²) in [4.78, 5) is 28.5. The number of hydrogen-bond donors (Lipinski definition) is 2. The number of aromatic amines is 1. The van der Waals surface area contributed by atoms with Crippen molar-refractivity contribution < 1.29 is 9.18 Å². The van der Waals surface area contributed by atoms with E-state index >= 15 is 0 Å². The Morgan fingerprint density at radius 2 is 2.00 bits per heavy atom. The fourth-order valence-electron chi connectivity index (χ4n) is 2.53. The third kappa shape index (κ3) is 2.69. The Labute approximate surface area is 154 Å². The number of aromatic nitrogens is 4. The first-order valence-corrected chi connectivity index (χ1v) is 8.02. The van der Waals surface area contributed by atoms with Crippen LogP contribution in [0, 0.1) is 5.82 Å². The molecule has 0 spiro atoms. The van der Waals surface area contributed by atoms with Gasteiger partial charge in [0.2, 0.25) is 0 Å². The zero-order valence-corrected chi connectivity index (χ0v) is 14.3. The number of fused-ring (bicyclic) bond motifs is 3. The zero-order chi connectivity index (χ0) is 18.4. The van der Waals surface area contributed by atoms with Crippen molar-refractivity contribution in [3.8, 4) is 0 Å². The van der Waals surface area contributed by atoms with Crippen LogP contribution >= 0.6 is 23.2 Å². The van der Waals surface area contributed by atoms with Gasteiger partial charge in [-0.3, -0.25) is 9.59 Å². The molecule has 130 valence electrons. The second-order valence-electron chi connectivity index (χ2n) is 5.38. The molecule has 0 aliphatic heterocycles. The lowest BCUT2D eigenvalue weighted by Crippen LogP contribution is -2.16. The normalized spacial score (nSPS) is 11.2. The monoisotopic (exact) mass is 391 g/mol. The van der Waals surface area contributed by atoms with Crippen molar-refractivity contribution in [2.75, 3.05) is 5.32 Å². The summed E-state index contributed by atoms with van der Waals surface area (Å²) in [5.74, 6) is -1.19. The van der Waals surface area contributed by atoms with Gasteiger partial charge in [-0.15, -0.1) is 5.10 Å². The highest BCUT2D eigenvalue weighted by atomic mass is 35.5. The van der Waals surface area contributed by atoms with Crippen LogP contribution in [-0.2, 0) is 0 Å². The summed E-state index contributed by atoms with van der Waals surface area (Å²) < 4.78 is 14.7. The minimum Gasteiger partial charge on any atom is -0.319 e. The molecule has 0 fully saturated rings. The van der Waals surface area contributed by atoms with Crippen molar-refractivity contribution in [2.45, 2.75) is 0 Å². The molecule has 2 aromatic heterocycles. The largest absolute Gasteiger partial charge is 0.319 e. The quantitative estimate of drug-likeness (QED) is 0.548. The van der Waals surface area contributed by atoms with Gasteiger partial charge in [-0.2, -0.15) is 4.98 Å². The molecule has 7 nitrogen and oxygen atoms in total. The molecule has 10 heteroatoms. The lowest BCUT2D eigenvalue weighted by molar-refractivity contribution is 0.102. The summed E-state index contributed by atoms with van der Waals surface area (Å²) in [6.07, 6.45) is 0. The second-order valence-corrected chi connectivity index (χ2v) is 6.22. The number of rotatable bonds is 2. The summed E-state index contributed by atoms with van der Waals surface area (Å²) >= 11 is 11.9. The molecule has 0 bridgehead atoms. The first-order valence-electron chi connectivity index (χ1n) is 7.27. The van der Waals surface area contributed by atoms with Crippen molar-refractivity contribution in [1.82, 2.24) is 19.8 Å². The van der Waals surface area contributed by atoms with Gasteiger partial charge in [0.15, 0.2) is 11.3 Å². The van der Waals surface area contributed by atoms with Gasteiger partial charge in [0.05, 0.1) is 21.6 Å². The van der Waals surface area contributed by atoms with E-state index in [9.17, 15) is 14.0 Å². The van der Waals surface area contributed by atoms with Crippen LogP contribution in [-0.4, -0.2) is 25.7 Å². The van der Waals surface area contributed by atoms with E-state index in [1.807, 2.05) is 0 Å². The number of hydrogen-bond acceptors (Lipinski definition) is 4. The van der Waals surface area contributed by atoms with Crippen LogP contribution in [0.2, 0.25) is 10.0 Å². The SMILES string of the molecule is O=C(Nc1ccc(Cl)cc1Cl)c1n[nH]n2c1nc(=O)c1cc(F)ccc12. The number of halogens is 3. The van der Waals surface area contributed by atoms with Crippen LogP contribution < -0.4 is 10.9 Å². The van der Waals surface area contributed by atoms with Gasteiger partial charge in [-0.25, -0.2) is 14.1 Å². The average molecular weight is 392 g/mol. The highest BCUT2D eigenvalue weighted by Gasteiger charge is 2.19. The Balaban J connectivity index is 1.82. The van der Waals surface area contributed by atoms with Gasteiger partial charge in [-0.1, -0.05) is 23.2 Å². The van der Waals surface area contributed by atoms with Crippen LogP contribution in [0.25, 0.3) is 16.6 Å². The smallest absolute Gasteiger partial charge is 0.281 e. The molecule has 2 heterocycles. The predicted molar refractivity (Wildman–Crippen MR) is 95.5 cm³/mol. The summed E-state index contributed by atoms with van der Waals surface area (Å²) in [6, 6.07) is 8.25. The minimum atomic E-state index is -0.667. The standard InChI is InChI=1S/C16H8Cl2FN5O2/c17-7-1-3-11(10(18)5-7)20-16(26)13-14-21-15(25)9-6-8(19)2-4-12(9)24(14)23-22-13/h1-6,23H,(H,20,26). The van der Waals surface area contributed by atoms with Gasteiger partial charge < -0.3 is 5.32 Å². The van der Waals surface area contributed by atoms with Crippen molar-refractivity contribution in [2.24, 2.45) is 0 Å². The van der Waals surface area contributed by atoms with E-state index in [-0.39, 0.29) is 21.7 Å². The third-order valence-electron chi connectivity index (χ3n) is 3.72. The maximum atomic E-state index is 13.4. The summed E-state index contributed by atoms with van der Waals surface area (Å²) in [5, 5.41) is 9.83. The van der Waals surface area contributed by atoms with Crippen LogP contribution in [0.4, 0.5) is 10.1 Å². The van der Waals surface area contributed by atoms with E-state index in [1.165, 1.54) is 28.8 Å². The molecule has 1 amide bonds. The molecule has 0 aliphatic rings. The van der Waals surface area contributed by atoms with E-state index in [4.69, 9.17) is 23.2 Å². The molecule has 26 heavy (non-hydrogen) atoms. The summed E-state index contributed by atoms with van der Waals surface area (Å²) in [6.45, 7) is 0. The van der Waals surface area contributed by atoms with Crippen LogP contribution in [0.3, 0.4) is 0 Å². The first-order chi connectivity index (χ1) is 12.4. The van der Waals surface area contributed by atoms with Crippen LogP contribution in [0.1, 0.15) is 10.5 Å². The van der Waals surface area contributed by atoms with Crippen LogP contribution in [0.15, 0.2) is 41.2 Å². The number of benzene rings is 2. The highest BCUT2D eigenvalue weighted by Crippen LogP contribution is 2.26. The topological polar surface area (TPSA) is 92.2 Å². The fourth-order valence-corrected chi connectivity index (χ4v) is 2.99. The molecule has 4 aromatic rings. The van der Waals surface area contributed by atoms with Gasteiger partial charge in [0, 0.05) is 5.02 Å². The van der Waals surface area contributed by atoms with E-state index in [0.29, 0.717) is 16.2 Å². The van der Waals surface area contributed by atoms with Crippen molar-refractivity contribution >= 4 is 51.3 Å². The van der Waals surface area contributed by atoms with E-state index in [2.05, 4.69) is 20.6 Å². The molecule has 2 aromatic carbocycles. The zero-order valence-electron chi connectivity index (χ0n) is 12.8. The lowest BCUT2D eigenvalue weighted by atomic mass is 10.2. The Morgan fingerprint density at radius 1 is 1.19 bits per heavy atom. The molecule has 0 radical (unpaired) electrons. The fraction of sp³-hybridized carbons (Fsp3) is 0. The summed E-state index contributed by atoms with van der Waals surface area (Å²) in [7, 11) is 0. The van der Waals surface area contributed by atoms with E-state index in [1.54, 1.807) is 6.07 Å². The predicted octanol–water partition coefficient (Wildman–Crippen LogP) is 3.27. The number of carbonyl (C=O) groups is 1. The number of amides is 1. The highest BCUT2D eigenvalue weighted by molar-refractivity contribution is 6.36. The molecular weight excluding hydrogens is 384 g/mol. The molecular formula is C16H8Cl2FN5O2. The van der Waals surface area contributed by atoms with E-state index < -0.39 is 17.3 Å². The summed E-state index contributed by atoms with van der Waals surface area (Å²) in [5.41, 5.74) is -0.0968. The Kier molecular flexibility index (Phi) is 3.86. The van der Waals surface area contributed by atoms with Gasteiger partial charge in [0.25, 0.3) is 11.5 Å². The first kappa shape index (κ1) is 16.5. The molecule has 0 unspecified atom stereocenters. The second kappa shape index (κ2) is 6.08. The number of carbonyl (C=O) groups excluding carboxylic acids is 1. The van der Waals surface area contributed by atoms with E-state index in [0.717, 1.165) is 6.07 Å². The maximum absolute atomic E-state index is 13.4. The van der Waals surface area contributed by atoms with Crippen molar-refractivity contribution in [1.29, 1.82) is 0 Å². The molecule has 0 saturated heterocycles. The number of nitrogens with one attached hydrogen (secondary N) is 2. The Hall–Kier alpha value is -2.97. The molecule has 0 aliphatic carbocycles. The molecule has 2 N–H and O–H groups in total. The number of anilines is 1. The lowest BCUT2D eigenvalue weighted by Gasteiger charge is -2.06. The Bertz CT molecular complexity index is 1250. The molecule has 0 saturated carbocycles. The minimum absolute atomic E-state index is 0.0108. The average Bonchev–Trinajstić information content (AvgIpc) is 3.01.